The number of sulfonamides is 1. The molecule has 2 aliphatic rings. The number of nitrogens with zero attached hydrogens (tertiary/aromatic N) is 1. The van der Waals surface area contributed by atoms with Gasteiger partial charge in [-0.2, -0.15) is 0 Å². The van der Waals surface area contributed by atoms with E-state index in [1.54, 1.807) is 45.2 Å². The highest BCUT2D eigenvalue weighted by Gasteiger charge is 2.43. The van der Waals surface area contributed by atoms with Gasteiger partial charge in [0.1, 0.15) is 24.0 Å². The lowest BCUT2D eigenvalue weighted by atomic mass is 9.79. The summed E-state index contributed by atoms with van der Waals surface area (Å²) in [5.74, 6) is -1.08. The van der Waals surface area contributed by atoms with E-state index in [1.807, 2.05) is 130 Å². The van der Waals surface area contributed by atoms with E-state index in [2.05, 4.69) is 20.3 Å². The Morgan fingerprint density at radius 1 is 0.783 bits per heavy atom. The number of benzene rings is 6. The predicted molar refractivity (Wildman–Crippen MR) is 266 cm³/mol. The zero-order valence-electron chi connectivity index (χ0n) is 39.6. The molecule has 1 atom stereocenters. The Balaban J connectivity index is 1.07. The van der Waals surface area contributed by atoms with Crippen molar-refractivity contribution in [1.82, 2.24) is 15.4 Å². The normalized spacial score (nSPS) is 14.4. The molecular weight excluding hydrogens is 891 g/mol. The summed E-state index contributed by atoms with van der Waals surface area (Å²) in [5.41, 5.74) is 13.5. The Bertz CT molecular complexity index is 2960. The third-order valence-electron chi connectivity index (χ3n) is 13.0. The van der Waals surface area contributed by atoms with Crippen molar-refractivity contribution in [3.8, 4) is 16.9 Å². The van der Waals surface area contributed by atoms with Gasteiger partial charge in [0.25, 0.3) is 15.9 Å². The second-order valence-electron chi connectivity index (χ2n) is 18.1. The number of hydrogen-bond acceptors (Lipinski definition) is 9. The summed E-state index contributed by atoms with van der Waals surface area (Å²) in [6, 6.07) is 40.0. The smallest absolute Gasteiger partial charge is 0.407 e. The number of fused-ring (bicyclic) bond motifs is 4. The Morgan fingerprint density at radius 3 is 1.91 bits per heavy atom. The summed E-state index contributed by atoms with van der Waals surface area (Å²) >= 11 is 0. The molecule has 1 aliphatic heterocycles. The number of guanidine groups is 1. The molecule has 1 aliphatic carbocycles. The van der Waals surface area contributed by atoms with Crippen LogP contribution in [0.4, 0.5) is 4.79 Å². The van der Waals surface area contributed by atoms with Crippen LogP contribution in [0.5, 0.6) is 5.75 Å². The molecule has 0 bridgehead atoms. The van der Waals surface area contributed by atoms with Gasteiger partial charge in [-0.15, -0.1) is 0 Å². The van der Waals surface area contributed by atoms with Gasteiger partial charge in [0.2, 0.25) is 5.96 Å². The number of alkyl carbamates (subject to hydrolysis) is 1. The summed E-state index contributed by atoms with van der Waals surface area (Å²) in [7, 11) is -2.65. The lowest BCUT2D eigenvalue weighted by molar-refractivity contribution is -0.156. The molecule has 5 N–H and O–H groups in total. The van der Waals surface area contributed by atoms with E-state index in [-0.39, 0.29) is 48.7 Å². The van der Waals surface area contributed by atoms with Crippen LogP contribution < -0.4 is 25.8 Å². The summed E-state index contributed by atoms with van der Waals surface area (Å²) in [4.78, 5) is 46.0. The average molecular weight is 948 g/mol. The number of carbonyl (C=O) groups is 3. The fraction of sp³-hybridized carbons (Fsp3) is 0.273. The third-order valence-corrected chi connectivity index (χ3v) is 14.7. The molecule has 2 amide bonds. The van der Waals surface area contributed by atoms with Gasteiger partial charge in [-0.25, -0.2) is 22.7 Å². The van der Waals surface area contributed by atoms with Crippen molar-refractivity contribution in [3.05, 3.63) is 189 Å². The minimum atomic E-state index is -4.20. The fourth-order valence-corrected chi connectivity index (χ4v) is 11.2. The molecule has 13 nitrogen and oxygen atoms in total. The number of esters is 1. The molecule has 6 aromatic rings. The van der Waals surface area contributed by atoms with Crippen LogP contribution in [-0.4, -0.2) is 64.2 Å². The minimum absolute atomic E-state index is 0.00279. The van der Waals surface area contributed by atoms with Crippen molar-refractivity contribution in [2.24, 2.45) is 10.7 Å². The van der Waals surface area contributed by atoms with Gasteiger partial charge in [-0.05, 0) is 93.0 Å². The third kappa shape index (κ3) is 9.66. The molecule has 0 unspecified atom stereocenters. The van der Waals surface area contributed by atoms with Gasteiger partial charge < -0.3 is 30.6 Å². The molecule has 14 heteroatoms. The van der Waals surface area contributed by atoms with Gasteiger partial charge >= 0.3 is 12.1 Å². The largest absolute Gasteiger partial charge is 0.487 e. The quantitative estimate of drug-likeness (QED) is 0.0257. The van der Waals surface area contributed by atoms with Crippen molar-refractivity contribution < 1.29 is 37.0 Å². The molecule has 69 heavy (non-hydrogen) atoms. The minimum Gasteiger partial charge on any atom is -0.487 e. The number of aliphatic imine (C=N–C) groups is 1. The van der Waals surface area contributed by atoms with Crippen LogP contribution in [0.2, 0.25) is 0 Å². The van der Waals surface area contributed by atoms with Gasteiger partial charge in [-0.3, -0.25) is 9.79 Å². The van der Waals surface area contributed by atoms with E-state index in [4.69, 9.17) is 19.9 Å². The van der Waals surface area contributed by atoms with Crippen LogP contribution in [0.3, 0.4) is 0 Å². The zero-order chi connectivity index (χ0) is 49.1. The predicted octanol–water partition coefficient (Wildman–Crippen LogP) is 8.50. The van der Waals surface area contributed by atoms with Gasteiger partial charge in [0.05, 0.1) is 4.90 Å². The fourth-order valence-electron chi connectivity index (χ4n) is 9.66. The highest BCUT2D eigenvalue weighted by molar-refractivity contribution is 7.90. The lowest BCUT2D eigenvalue weighted by Crippen LogP contribution is -2.46. The first-order valence-corrected chi connectivity index (χ1v) is 24.5. The number of ether oxygens (including phenoxy) is 3. The van der Waals surface area contributed by atoms with Crippen LogP contribution in [-0.2, 0) is 36.3 Å². The molecule has 0 saturated carbocycles. The van der Waals surface area contributed by atoms with E-state index in [1.165, 1.54) is 0 Å². The lowest BCUT2D eigenvalue weighted by Gasteiger charge is -2.36. The second-order valence-corrected chi connectivity index (χ2v) is 19.7. The van der Waals surface area contributed by atoms with Crippen LogP contribution in [0, 0.1) is 20.8 Å². The Kier molecular flexibility index (Phi) is 13.7. The number of amides is 2. The van der Waals surface area contributed by atoms with E-state index < -0.39 is 39.3 Å². The van der Waals surface area contributed by atoms with Crippen molar-refractivity contribution in [2.45, 2.75) is 81.9 Å². The van der Waals surface area contributed by atoms with Gasteiger partial charge in [0.15, 0.2) is 5.60 Å². The summed E-state index contributed by atoms with van der Waals surface area (Å²) in [6.45, 7) is 9.29. The number of rotatable bonds is 15. The molecule has 0 fully saturated rings. The first-order chi connectivity index (χ1) is 33.0. The Labute approximate surface area is 403 Å². The van der Waals surface area contributed by atoms with Crippen molar-refractivity contribution in [2.75, 3.05) is 20.2 Å². The second kappa shape index (κ2) is 19.6. The molecule has 6 aromatic carbocycles. The molecular formula is C55H57N5O8S. The van der Waals surface area contributed by atoms with Crippen molar-refractivity contribution in [3.63, 3.8) is 0 Å². The maximum absolute atomic E-state index is 15.0. The van der Waals surface area contributed by atoms with E-state index in [9.17, 15) is 22.8 Å². The van der Waals surface area contributed by atoms with Crippen molar-refractivity contribution in [1.29, 1.82) is 0 Å². The van der Waals surface area contributed by atoms with E-state index in [0.717, 1.165) is 33.4 Å². The summed E-state index contributed by atoms with van der Waals surface area (Å²) < 4.78 is 49.2. The topological polar surface area (TPSA) is 188 Å². The SMILES string of the molecule is CNC(=O)c1ccc(C(OC(=O)[C@H](CCCN=C(N)NS(=O)(=O)c2c(C)c(C)c3c(c2C)OC(C)(C)C3)NC(=O)OCC2c3ccccc3-c3ccccc32)(c2ccccc2)c2ccccc2)cc1. The standard InChI is InChI=1S/C55H57N5O8S/c1-34-35(2)49(36(3)48-45(34)32-54(4,5)67-48)69(64,65)60-52(56)58-31-17-26-47(59-53(63)66-33-46-43-24-15-13-22-41(43)42-23-14-16-25-44(42)46)51(62)68-55(38-18-9-7-10-19-38,39-20-11-8-12-21-39)40-29-27-37(28-30-40)50(61)57-6/h7-16,18-25,27-30,46-47H,17,26,31-33H2,1-6H3,(H,57,61)(H,59,63)(H3,56,58,60)/t47-/m0/s1. The average Bonchev–Trinajstić information content (AvgIpc) is 3.86. The maximum Gasteiger partial charge on any atom is 0.407 e. The summed E-state index contributed by atoms with van der Waals surface area (Å²) in [6.07, 6.45) is -0.0203. The Hall–Kier alpha value is -7.45. The molecule has 8 rings (SSSR count). The number of nitrogens with one attached hydrogen (secondary N) is 3. The zero-order valence-corrected chi connectivity index (χ0v) is 40.4. The van der Waals surface area contributed by atoms with Gasteiger partial charge in [-0.1, -0.05) is 121 Å². The van der Waals surface area contributed by atoms with Crippen LogP contribution in [0.15, 0.2) is 143 Å². The number of nitrogens with two attached hydrogens (primary N) is 1. The van der Waals surface area contributed by atoms with Crippen LogP contribution >= 0.6 is 0 Å². The molecule has 0 radical (unpaired) electrons. The molecule has 0 aromatic heterocycles. The number of hydrogen-bond donors (Lipinski definition) is 4. The highest BCUT2D eigenvalue weighted by Crippen LogP contribution is 2.46. The molecule has 1 heterocycles. The first-order valence-electron chi connectivity index (χ1n) is 23.0. The maximum atomic E-state index is 15.0. The molecule has 356 valence electrons. The summed E-state index contributed by atoms with van der Waals surface area (Å²) in [5, 5.41) is 5.44. The van der Waals surface area contributed by atoms with Crippen molar-refractivity contribution >= 4 is 34.0 Å². The monoisotopic (exact) mass is 947 g/mol. The highest BCUT2D eigenvalue weighted by atomic mass is 32.2. The molecule has 0 saturated heterocycles. The van der Waals surface area contributed by atoms with Crippen LogP contribution in [0.25, 0.3) is 11.1 Å². The number of carbonyl (C=O) groups excluding carboxylic acids is 3. The van der Waals surface area contributed by atoms with E-state index in [0.29, 0.717) is 45.6 Å². The van der Waals surface area contributed by atoms with E-state index >= 15 is 0 Å². The van der Waals surface area contributed by atoms with Gasteiger partial charge in [0, 0.05) is 59.3 Å². The van der Waals surface area contributed by atoms with Crippen LogP contribution in [0.1, 0.15) is 93.0 Å². The first kappa shape index (κ1) is 48.0. The Morgan fingerprint density at radius 2 is 1.33 bits per heavy atom. The molecule has 0 spiro atoms.